The number of benzene rings is 1. The molecule has 13 heteroatoms. The summed E-state index contributed by atoms with van der Waals surface area (Å²) in [6, 6.07) is 0.861. The van der Waals surface area contributed by atoms with Gasteiger partial charge in [0.05, 0.1) is 23.2 Å². The Bertz CT molecular complexity index is 1260. The summed E-state index contributed by atoms with van der Waals surface area (Å²) in [7, 11) is 0. The monoisotopic (exact) mass is 627 g/mol. The summed E-state index contributed by atoms with van der Waals surface area (Å²) < 4.78 is 54.6. The van der Waals surface area contributed by atoms with E-state index >= 15 is 0 Å². The highest BCUT2D eigenvalue weighted by Gasteiger charge is 2.45. The van der Waals surface area contributed by atoms with E-state index in [0.29, 0.717) is 45.2 Å². The van der Waals surface area contributed by atoms with E-state index in [1.165, 1.54) is 18.7 Å². The van der Waals surface area contributed by atoms with E-state index in [-0.39, 0.29) is 18.0 Å². The molecule has 0 saturated carbocycles. The molecule has 1 N–H and O–H groups in total. The number of anilines is 1. The molecule has 1 atom stereocenters. The predicted octanol–water partition coefficient (Wildman–Crippen LogP) is 6.10. The summed E-state index contributed by atoms with van der Waals surface area (Å²) in [6.45, 7) is 12.1. The van der Waals surface area contributed by atoms with Gasteiger partial charge in [-0.15, -0.1) is 0 Å². The van der Waals surface area contributed by atoms with Gasteiger partial charge in [0.25, 0.3) is 11.8 Å². The molecule has 1 aromatic rings. The molecule has 1 saturated heterocycles. The van der Waals surface area contributed by atoms with Crippen molar-refractivity contribution in [1.29, 1.82) is 0 Å². The zero-order valence-electron chi connectivity index (χ0n) is 26.5. The second-order valence-corrected chi connectivity index (χ2v) is 13.1. The fourth-order valence-electron chi connectivity index (χ4n) is 5.66. The maximum atomic E-state index is 14.5. The lowest BCUT2D eigenvalue weighted by Gasteiger charge is -2.40. The van der Waals surface area contributed by atoms with Gasteiger partial charge in [0.15, 0.2) is 5.60 Å². The number of amides is 3. The zero-order chi connectivity index (χ0) is 33.2. The number of carboxylic acids is 1. The molecule has 3 rings (SSSR count). The molecule has 0 bridgehead atoms. The van der Waals surface area contributed by atoms with Crippen LogP contribution in [0.15, 0.2) is 12.1 Å². The minimum absolute atomic E-state index is 0.0851. The van der Waals surface area contributed by atoms with Gasteiger partial charge in [0, 0.05) is 31.7 Å². The molecule has 1 aromatic carbocycles. The first-order chi connectivity index (χ1) is 20.2. The van der Waals surface area contributed by atoms with Crippen LogP contribution >= 0.6 is 0 Å². The molecule has 1 unspecified atom stereocenters. The van der Waals surface area contributed by atoms with Crippen LogP contribution in [0, 0.1) is 0 Å². The van der Waals surface area contributed by atoms with Gasteiger partial charge in [-0.3, -0.25) is 14.4 Å². The number of alkyl halides is 3. The van der Waals surface area contributed by atoms with Crippen molar-refractivity contribution in [3.63, 3.8) is 0 Å². The smallest absolute Gasteiger partial charge is 0.417 e. The Morgan fingerprint density at radius 3 is 2.27 bits per heavy atom. The Balaban J connectivity index is 2.00. The number of hydrogen-bond acceptors (Lipinski definition) is 6. The molecule has 10 nitrogen and oxygen atoms in total. The normalized spacial score (nSPS) is 19.3. The van der Waals surface area contributed by atoms with Crippen LogP contribution in [0.1, 0.15) is 103 Å². The highest BCUT2D eigenvalue weighted by molar-refractivity contribution is 6.05. The van der Waals surface area contributed by atoms with E-state index in [9.17, 15) is 37.5 Å². The van der Waals surface area contributed by atoms with Crippen molar-refractivity contribution in [3.8, 4) is 5.75 Å². The van der Waals surface area contributed by atoms with Gasteiger partial charge < -0.3 is 29.3 Å². The third-order valence-corrected chi connectivity index (χ3v) is 7.62. The number of carboxylic acid groups (broad SMARTS) is 1. The summed E-state index contributed by atoms with van der Waals surface area (Å²) in [5, 5.41) is 9.23. The third-order valence-electron chi connectivity index (χ3n) is 7.62. The standard InChI is InChI=1S/C31H44F3N3O7/c1-19(2)37(20-11-8-9-14-35(15-10-12-20)28(42)44-29(3,4)5)26(40)21-17-23-24(18-22(21)31(32,33)34)43-30(6,7)27(41)36(23)16-13-25(38)39/h17-20H,8-16H2,1-7H3,(H,38,39). The van der Waals surface area contributed by atoms with Gasteiger partial charge in [0.1, 0.15) is 11.4 Å². The van der Waals surface area contributed by atoms with Crippen molar-refractivity contribution < 1.29 is 46.9 Å². The number of hydrogen-bond donors (Lipinski definition) is 1. The Hall–Kier alpha value is -3.51. The third kappa shape index (κ3) is 8.35. The van der Waals surface area contributed by atoms with E-state index in [0.717, 1.165) is 17.0 Å². The first-order valence-electron chi connectivity index (χ1n) is 15.0. The van der Waals surface area contributed by atoms with Crippen LogP contribution in [0.3, 0.4) is 0 Å². The molecule has 2 aliphatic rings. The Morgan fingerprint density at radius 1 is 1.09 bits per heavy atom. The van der Waals surface area contributed by atoms with Gasteiger partial charge >= 0.3 is 18.2 Å². The topological polar surface area (TPSA) is 117 Å². The molecular formula is C31H44F3N3O7. The molecule has 0 spiro atoms. The number of ether oxygens (including phenoxy) is 2. The average molecular weight is 628 g/mol. The first-order valence-corrected chi connectivity index (χ1v) is 15.0. The van der Waals surface area contributed by atoms with Crippen molar-refractivity contribution in [2.75, 3.05) is 24.5 Å². The van der Waals surface area contributed by atoms with Crippen LogP contribution in [0.25, 0.3) is 0 Å². The van der Waals surface area contributed by atoms with Gasteiger partial charge in [-0.05, 0) is 92.7 Å². The van der Waals surface area contributed by atoms with Gasteiger partial charge in [-0.1, -0.05) is 0 Å². The molecule has 0 aliphatic carbocycles. The maximum absolute atomic E-state index is 14.5. The van der Waals surface area contributed by atoms with E-state index < -0.39 is 70.9 Å². The van der Waals surface area contributed by atoms with Crippen LogP contribution in [-0.4, -0.2) is 81.7 Å². The fourth-order valence-corrected chi connectivity index (χ4v) is 5.66. The van der Waals surface area contributed by atoms with Gasteiger partial charge in [-0.25, -0.2) is 4.79 Å². The Labute approximate surface area is 256 Å². The van der Waals surface area contributed by atoms with Crippen molar-refractivity contribution in [2.24, 2.45) is 0 Å². The zero-order valence-corrected chi connectivity index (χ0v) is 26.5. The molecule has 44 heavy (non-hydrogen) atoms. The van der Waals surface area contributed by atoms with Crippen LogP contribution in [0.4, 0.5) is 23.7 Å². The number of carbonyl (C=O) groups excluding carboxylic acids is 3. The van der Waals surface area contributed by atoms with Crippen LogP contribution < -0.4 is 9.64 Å². The predicted molar refractivity (Wildman–Crippen MR) is 157 cm³/mol. The molecule has 0 radical (unpaired) electrons. The minimum Gasteiger partial charge on any atom is -0.481 e. The molecule has 2 heterocycles. The highest BCUT2D eigenvalue weighted by Crippen LogP contribution is 2.44. The number of halogens is 3. The average Bonchev–Trinajstić information content (AvgIpc) is 2.99. The van der Waals surface area contributed by atoms with Gasteiger partial charge in [0.2, 0.25) is 0 Å². The Morgan fingerprint density at radius 2 is 1.70 bits per heavy atom. The number of fused-ring (bicyclic) bond motifs is 1. The number of nitrogens with zero attached hydrogens (tertiary/aromatic N) is 3. The van der Waals surface area contributed by atoms with E-state index in [1.807, 2.05) is 0 Å². The summed E-state index contributed by atoms with van der Waals surface area (Å²) >= 11 is 0. The quantitative estimate of drug-likeness (QED) is 0.405. The van der Waals surface area contributed by atoms with E-state index in [1.54, 1.807) is 39.5 Å². The van der Waals surface area contributed by atoms with E-state index in [4.69, 9.17) is 9.47 Å². The molecule has 246 valence electrons. The SMILES string of the molecule is CC(C)N(C(=O)c1cc2c(cc1C(F)(F)F)OC(C)(C)C(=O)N2CCC(=O)O)C1CCCCN(C(=O)OC(C)(C)C)CCC1. The lowest BCUT2D eigenvalue weighted by Crippen LogP contribution is -2.53. The van der Waals surface area contributed by atoms with Gasteiger partial charge in [-0.2, -0.15) is 13.2 Å². The van der Waals surface area contributed by atoms with Crippen molar-refractivity contribution >= 4 is 29.6 Å². The van der Waals surface area contributed by atoms with Crippen molar-refractivity contribution in [3.05, 3.63) is 23.3 Å². The minimum atomic E-state index is -4.92. The van der Waals surface area contributed by atoms with E-state index in [2.05, 4.69) is 0 Å². The molecule has 3 amide bonds. The molecule has 0 aromatic heterocycles. The largest absolute Gasteiger partial charge is 0.481 e. The van der Waals surface area contributed by atoms with Crippen LogP contribution in [0.2, 0.25) is 0 Å². The summed E-state index contributed by atoms with van der Waals surface area (Å²) in [4.78, 5) is 55.5. The lowest BCUT2D eigenvalue weighted by molar-refractivity contribution is -0.138. The second-order valence-electron chi connectivity index (χ2n) is 13.1. The Kier molecular flexibility index (Phi) is 10.5. The van der Waals surface area contributed by atoms with Crippen molar-refractivity contribution in [2.45, 2.75) is 116 Å². The summed E-state index contributed by atoms with van der Waals surface area (Å²) in [5.74, 6) is -2.93. The number of aliphatic carboxylic acids is 1. The second kappa shape index (κ2) is 13.2. The first kappa shape index (κ1) is 35.0. The number of rotatable bonds is 6. The fraction of sp³-hybridized carbons (Fsp3) is 0.677. The molecule has 1 fully saturated rings. The highest BCUT2D eigenvalue weighted by atomic mass is 19.4. The van der Waals surface area contributed by atoms with Crippen molar-refractivity contribution in [1.82, 2.24) is 9.80 Å². The maximum Gasteiger partial charge on any atom is 0.417 e. The summed E-state index contributed by atoms with van der Waals surface area (Å²) in [5.41, 5.74) is -4.13. The number of carbonyl (C=O) groups is 4. The summed E-state index contributed by atoms with van der Waals surface area (Å²) in [6.07, 6.45) is -3.04. The molecule has 2 aliphatic heterocycles. The van der Waals surface area contributed by atoms with Crippen LogP contribution in [0.5, 0.6) is 5.75 Å². The molecular weight excluding hydrogens is 583 g/mol. The van der Waals surface area contributed by atoms with Crippen LogP contribution in [-0.2, 0) is 20.5 Å². The lowest BCUT2D eigenvalue weighted by atomic mass is 9.96.